The number of ether oxygens (including phenoxy) is 1. The molecule has 1 saturated carbocycles. The molecule has 4 heterocycles. The summed E-state index contributed by atoms with van der Waals surface area (Å²) in [6.07, 6.45) is 9.37. The Morgan fingerprint density at radius 2 is 1.72 bits per heavy atom. The molecular weight excluding hydrogens is 602 g/mol. The van der Waals surface area contributed by atoms with Gasteiger partial charge in [-0.1, -0.05) is 12.1 Å². The molecule has 9 nitrogen and oxygen atoms in total. The zero-order valence-electron chi connectivity index (χ0n) is 26.7. The number of carbonyl (C=O) groups is 1. The zero-order valence-corrected chi connectivity index (χ0v) is 26.7. The van der Waals surface area contributed by atoms with E-state index in [0.717, 1.165) is 89.3 Å². The van der Waals surface area contributed by atoms with Gasteiger partial charge in [0.05, 0.1) is 18.4 Å². The second-order valence-corrected chi connectivity index (χ2v) is 13.9. The summed E-state index contributed by atoms with van der Waals surface area (Å²) in [6, 6.07) is 10.5. The Labute approximate surface area is 273 Å². The number of rotatable bonds is 8. The van der Waals surface area contributed by atoms with E-state index in [4.69, 9.17) is 10.5 Å². The van der Waals surface area contributed by atoms with E-state index in [9.17, 15) is 18.4 Å². The van der Waals surface area contributed by atoms with Crippen LogP contribution in [0.25, 0.3) is 0 Å². The number of benzene rings is 2. The van der Waals surface area contributed by atoms with Crippen molar-refractivity contribution < 1.29 is 18.3 Å². The Morgan fingerprint density at radius 1 is 0.957 bits per heavy atom. The van der Waals surface area contributed by atoms with Crippen molar-refractivity contribution in [1.82, 2.24) is 19.8 Å². The summed E-state index contributed by atoms with van der Waals surface area (Å²) in [5, 5.41) is 6.70. The number of fused-ring (bicyclic) bond motifs is 2. The molecule has 250 valence electrons. The molecule has 1 aromatic heterocycles. The molecule has 0 amide bonds. The predicted octanol–water partition coefficient (Wildman–Crippen LogP) is 5.42. The minimum absolute atomic E-state index is 0.0865. The Hall–Kier alpha value is -3.67. The van der Waals surface area contributed by atoms with Crippen LogP contribution in [0.3, 0.4) is 0 Å². The van der Waals surface area contributed by atoms with Crippen LogP contribution in [0.1, 0.15) is 74.5 Å². The Morgan fingerprint density at radius 3 is 2.47 bits per heavy atom. The fourth-order valence-electron chi connectivity index (χ4n) is 7.96. The van der Waals surface area contributed by atoms with Gasteiger partial charge >= 0.3 is 5.69 Å². The fourth-order valence-corrected chi connectivity index (χ4v) is 7.96. The Bertz CT molecular complexity index is 1660. The van der Waals surface area contributed by atoms with Crippen molar-refractivity contribution >= 4 is 17.3 Å². The quantitative estimate of drug-likeness (QED) is 0.233. The molecule has 0 spiro atoms. The molecule has 2 saturated heterocycles. The standard InChI is InChI=1S/C36H44F2N6O3/c37-29-7-1-22(18-30(29)38)17-28(24-9-13-40-14-10-24)32(45)20-43-15-11-23(12-16-43)25-2-8-33-31(19-25)41-35-34(47-33)21-44(36(46)42-35)27-5-3-26(39)4-6-27/h1-2,7-8,18-19,21,23-24,26-28,40H,3-6,9-17,20,39H2,(H,41,42,46). The van der Waals surface area contributed by atoms with Gasteiger partial charge in [0.15, 0.2) is 34.7 Å². The van der Waals surface area contributed by atoms with Gasteiger partial charge in [0.2, 0.25) is 0 Å². The highest BCUT2D eigenvalue weighted by molar-refractivity contribution is 5.83. The topological polar surface area (TPSA) is 115 Å². The number of nitrogens with two attached hydrogens (primary N) is 1. The molecular formula is C36H44F2N6O3. The van der Waals surface area contributed by atoms with Gasteiger partial charge in [-0.15, -0.1) is 0 Å². The lowest BCUT2D eigenvalue weighted by molar-refractivity contribution is -0.126. The van der Waals surface area contributed by atoms with Gasteiger partial charge in [0.25, 0.3) is 0 Å². The first-order chi connectivity index (χ1) is 22.8. The van der Waals surface area contributed by atoms with E-state index >= 15 is 0 Å². The van der Waals surface area contributed by atoms with Crippen molar-refractivity contribution in [3.8, 4) is 11.5 Å². The van der Waals surface area contributed by atoms with Gasteiger partial charge in [-0.2, -0.15) is 4.98 Å². The van der Waals surface area contributed by atoms with E-state index in [-0.39, 0.29) is 35.4 Å². The van der Waals surface area contributed by atoms with Crippen LogP contribution >= 0.6 is 0 Å². The van der Waals surface area contributed by atoms with Gasteiger partial charge in [-0.25, -0.2) is 13.6 Å². The minimum atomic E-state index is -0.866. The van der Waals surface area contributed by atoms with Crippen LogP contribution in [0.4, 0.5) is 20.3 Å². The third-order valence-corrected chi connectivity index (χ3v) is 10.8. The zero-order chi connectivity index (χ0) is 32.5. The second kappa shape index (κ2) is 13.8. The highest BCUT2D eigenvalue weighted by Gasteiger charge is 2.32. The number of aromatic nitrogens is 2. The number of anilines is 2. The van der Waals surface area contributed by atoms with Crippen molar-refractivity contribution in [2.45, 2.75) is 75.8 Å². The highest BCUT2D eigenvalue weighted by Crippen LogP contribution is 2.43. The largest absolute Gasteiger partial charge is 0.450 e. The summed E-state index contributed by atoms with van der Waals surface area (Å²) in [6.45, 7) is 3.72. The minimum Gasteiger partial charge on any atom is -0.450 e. The molecule has 2 aromatic carbocycles. The first kappa shape index (κ1) is 31.9. The smallest absolute Gasteiger partial charge is 0.350 e. The van der Waals surface area contributed by atoms with E-state index in [2.05, 4.69) is 32.7 Å². The van der Waals surface area contributed by atoms with Gasteiger partial charge in [-0.3, -0.25) is 14.3 Å². The number of hydrogen-bond donors (Lipinski definition) is 3. The molecule has 3 aromatic rings. The van der Waals surface area contributed by atoms with E-state index in [1.165, 1.54) is 11.6 Å². The SMILES string of the molecule is NC1CCC(n2cc3c(nc2=O)Nc2cc(C4CCN(CC(=O)C(Cc5ccc(F)c(F)c5)C5CCNCC5)CC4)ccc2O3)CC1. The summed E-state index contributed by atoms with van der Waals surface area (Å²) < 4.78 is 35.5. The lowest BCUT2D eigenvalue weighted by Crippen LogP contribution is -2.42. The van der Waals surface area contributed by atoms with Gasteiger partial charge < -0.3 is 21.1 Å². The van der Waals surface area contributed by atoms with Crippen molar-refractivity contribution in [3.05, 3.63) is 75.8 Å². The predicted molar refractivity (Wildman–Crippen MR) is 176 cm³/mol. The average Bonchev–Trinajstić information content (AvgIpc) is 3.08. The molecule has 3 fully saturated rings. The number of hydrogen-bond acceptors (Lipinski definition) is 8. The Balaban J connectivity index is 0.975. The molecule has 1 atom stereocenters. The lowest BCUT2D eigenvalue weighted by Gasteiger charge is -2.35. The summed E-state index contributed by atoms with van der Waals surface area (Å²) in [4.78, 5) is 33.2. The second-order valence-electron chi connectivity index (χ2n) is 13.9. The highest BCUT2D eigenvalue weighted by atomic mass is 19.2. The molecule has 0 bridgehead atoms. The fraction of sp³-hybridized carbons (Fsp3) is 0.528. The number of carbonyl (C=O) groups excluding carboxylic acids is 1. The maximum Gasteiger partial charge on any atom is 0.350 e. The summed E-state index contributed by atoms with van der Waals surface area (Å²) in [5.74, 6) is 0.481. The van der Waals surface area contributed by atoms with Crippen LogP contribution in [0, 0.1) is 23.5 Å². The molecule has 47 heavy (non-hydrogen) atoms. The van der Waals surface area contributed by atoms with E-state index in [1.807, 2.05) is 6.07 Å². The van der Waals surface area contributed by atoms with Crippen LogP contribution in [0.15, 0.2) is 47.4 Å². The van der Waals surface area contributed by atoms with Crippen molar-refractivity contribution in [1.29, 1.82) is 0 Å². The maximum absolute atomic E-state index is 14.0. The monoisotopic (exact) mass is 646 g/mol. The summed E-state index contributed by atoms with van der Waals surface area (Å²) in [7, 11) is 0. The number of ketones is 1. The van der Waals surface area contributed by atoms with Crippen molar-refractivity contribution in [2.24, 2.45) is 17.6 Å². The normalized spacial score (nSPS) is 22.9. The number of nitrogens with zero attached hydrogens (tertiary/aromatic N) is 3. The lowest BCUT2D eigenvalue weighted by atomic mass is 9.78. The van der Waals surface area contributed by atoms with Crippen LogP contribution in [-0.2, 0) is 11.2 Å². The molecule has 4 N–H and O–H groups in total. The third kappa shape index (κ3) is 7.12. The molecule has 7 rings (SSSR count). The van der Waals surface area contributed by atoms with E-state index in [0.29, 0.717) is 41.8 Å². The Kier molecular flexibility index (Phi) is 9.38. The van der Waals surface area contributed by atoms with Crippen molar-refractivity contribution in [3.63, 3.8) is 0 Å². The van der Waals surface area contributed by atoms with Crippen LogP contribution in [0.2, 0.25) is 0 Å². The number of piperidine rings is 2. The van der Waals surface area contributed by atoms with E-state index in [1.54, 1.807) is 16.8 Å². The third-order valence-electron chi connectivity index (χ3n) is 10.8. The molecule has 1 unspecified atom stereocenters. The average molecular weight is 647 g/mol. The number of halogens is 2. The van der Waals surface area contributed by atoms with Crippen molar-refractivity contribution in [2.75, 3.05) is 38.0 Å². The molecule has 1 aliphatic carbocycles. The molecule has 11 heteroatoms. The summed E-state index contributed by atoms with van der Waals surface area (Å²) in [5.41, 5.74) is 8.43. The van der Waals surface area contributed by atoms with Crippen LogP contribution in [-0.4, -0.2) is 59.0 Å². The summed E-state index contributed by atoms with van der Waals surface area (Å²) >= 11 is 0. The molecule has 3 aliphatic heterocycles. The van der Waals surface area contributed by atoms with E-state index < -0.39 is 11.6 Å². The van der Waals surface area contributed by atoms with Crippen LogP contribution < -0.4 is 26.8 Å². The van der Waals surface area contributed by atoms with Gasteiger partial charge in [0.1, 0.15) is 0 Å². The number of Topliss-reactive ketones (excluding diaryl/α,β-unsaturated/α-hetero) is 1. The molecule has 4 aliphatic rings. The number of nitrogens with one attached hydrogen (secondary N) is 2. The van der Waals surface area contributed by atoms with Crippen LogP contribution in [0.5, 0.6) is 11.5 Å². The first-order valence-corrected chi connectivity index (χ1v) is 17.2. The number of likely N-dealkylation sites (tertiary alicyclic amines) is 1. The first-order valence-electron chi connectivity index (χ1n) is 17.2. The van der Waals surface area contributed by atoms with Gasteiger partial charge in [0, 0.05) is 18.0 Å². The molecule has 0 radical (unpaired) electrons. The maximum atomic E-state index is 14.0. The van der Waals surface area contributed by atoms with Gasteiger partial charge in [-0.05, 0) is 131 Å².